The number of carbonyl (C=O) groups is 1. The van der Waals surface area contributed by atoms with Crippen LogP contribution in [0.5, 0.6) is 0 Å². The first-order valence-corrected chi connectivity index (χ1v) is 11.9. The van der Waals surface area contributed by atoms with E-state index >= 15 is 0 Å². The second kappa shape index (κ2) is 8.23. The third-order valence-electron chi connectivity index (χ3n) is 5.38. The standard InChI is InChI=1S/C24H20N6O3S/c1-16(31)25-18-12-14-19(15-13-18)34(32,33)29(2)23-24-28-27-22(17-8-4-3-5-9-17)30(24)21-11-7-6-10-20(21)26-23/h3-15H,1-2H3,(H,25,31). The predicted octanol–water partition coefficient (Wildman–Crippen LogP) is 3.73. The zero-order valence-electron chi connectivity index (χ0n) is 18.4. The molecule has 0 aliphatic rings. The van der Waals surface area contributed by atoms with Crippen molar-refractivity contribution in [2.45, 2.75) is 11.8 Å². The third kappa shape index (κ3) is 3.63. The summed E-state index contributed by atoms with van der Waals surface area (Å²) in [5.74, 6) is 0.497. The van der Waals surface area contributed by atoms with Crippen molar-refractivity contribution in [3.63, 3.8) is 0 Å². The fourth-order valence-corrected chi connectivity index (χ4v) is 4.89. The number of benzene rings is 3. The molecule has 0 saturated carbocycles. The SMILES string of the molecule is CC(=O)Nc1ccc(S(=O)(=O)N(C)c2nc3ccccc3n3c(-c4ccccc4)nnc23)cc1. The van der Waals surface area contributed by atoms with Crippen LogP contribution >= 0.6 is 0 Å². The number of fused-ring (bicyclic) bond motifs is 3. The monoisotopic (exact) mass is 472 g/mol. The Kier molecular flexibility index (Phi) is 5.21. The molecule has 0 aliphatic carbocycles. The molecule has 9 nitrogen and oxygen atoms in total. The summed E-state index contributed by atoms with van der Waals surface area (Å²) < 4.78 is 29.8. The molecule has 0 fully saturated rings. The van der Waals surface area contributed by atoms with E-state index in [4.69, 9.17) is 0 Å². The molecule has 2 heterocycles. The number of para-hydroxylation sites is 2. The van der Waals surface area contributed by atoms with E-state index in [-0.39, 0.29) is 16.6 Å². The number of amides is 1. The number of anilines is 2. The molecule has 34 heavy (non-hydrogen) atoms. The molecule has 5 aromatic rings. The molecular formula is C24H20N6O3S. The lowest BCUT2D eigenvalue weighted by Crippen LogP contribution is -2.28. The summed E-state index contributed by atoms with van der Waals surface area (Å²) >= 11 is 0. The van der Waals surface area contributed by atoms with Gasteiger partial charge in [-0.2, -0.15) is 0 Å². The summed E-state index contributed by atoms with van der Waals surface area (Å²) in [6.45, 7) is 1.39. The van der Waals surface area contributed by atoms with Gasteiger partial charge >= 0.3 is 0 Å². The van der Waals surface area contributed by atoms with Crippen LogP contribution in [0.4, 0.5) is 11.5 Å². The van der Waals surface area contributed by atoms with Gasteiger partial charge in [-0.05, 0) is 36.4 Å². The molecule has 10 heteroatoms. The van der Waals surface area contributed by atoms with Crippen LogP contribution in [0, 0.1) is 0 Å². The molecule has 1 N–H and O–H groups in total. The molecule has 0 atom stereocenters. The zero-order valence-corrected chi connectivity index (χ0v) is 19.2. The van der Waals surface area contributed by atoms with E-state index in [9.17, 15) is 13.2 Å². The fourth-order valence-electron chi connectivity index (χ4n) is 3.74. The van der Waals surface area contributed by atoms with E-state index in [2.05, 4.69) is 20.5 Å². The number of aromatic nitrogens is 4. The average molecular weight is 473 g/mol. The molecule has 0 saturated heterocycles. The van der Waals surface area contributed by atoms with Gasteiger partial charge in [-0.1, -0.05) is 42.5 Å². The van der Waals surface area contributed by atoms with Gasteiger partial charge in [0.15, 0.2) is 11.6 Å². The Morgan fingerprint density at radius 3 is 2.29 bits per heavy atom. The molecule has 0 radical (unpaired) electrons. The Labute approximate surface area is 195 Å². The van der Waals surface area contributed by atoms with Crippen molar-refractivity contribution in [3.05, 3.63) is 78.9 Å². The smallest absolute Gasteiger partial charge is 0.265 e. The van der Waals surface area contributed by atoms with E-state index < -0.39 is 10.0 Å². The largest absolute Gasteiger partial charge is 0.326 e. The highest BCUT2D eigenvalue weighted by molar-refractivity contribution is 7.92. The fraction of sp³-hybridized carbons (Fsp3) is 0.0833. The number of hydrogen-bond acceptors (Lipinski definition) is 6. The number of nitrogens with zero attached hydrogens (tertiary/aromatic N) is 5. The van der Waals surface area contributed by atoms with Crippen LogP contribution in [0.15, 0.2) is 83.8 Å². The predicted molar refractivity (Wildman–Crippen MR) is 130 cm³/mol. The van der Waals surface area contributed by atoms with Gasteiger partial charge in [0, 0.05) is 25.2 Å². The van der Waals surface area contributed by atoms with Crippen molar-refractivity contribution in [2.75, 3.05) is 16.7 Å². The summed E-state index contributed by atoms with van der Waals surface area (Å²) in [6.07, 6.45) is 0. The minimum Gasteiger partial charge on any atom is -0.326 e. The van der Waals surface area contributed by atoms with Crippen molar-refractivity contribution in [1.29, 1.82) is 0 Å². The van der Waals surface area contributed by atoms with Crippen LogP contribution in [-0.2, 0) is 14.8 Å². The Balaban J connectivity index is 1.67. The number of nitrogens with one attached hydrogen (secondary N) is 1. The van der Waals surface area contributed by atoms with Gasteiger partial charge in [0.2, 0.25) is 11.6 Å². The highest BCUT2D eigenvalue weighted by Gasteiger charge is 2.27. The number of rotatable bonds is 5. The minimum absolute atomic E-state index is 0.0556. The average Bonchev–Trinajstić information content (AvgIpc) is 3.29. The van der Waals surface area contributed by atoms with Crippen molar-refractivity contribution < 1.29 is 13.2 Å². The maximum absolute atomic E-state index is 13.5. The highest BCUT2D eigenvalue weighted by Crippen LogP contribution is 2.30. The van der Waals surface area contributed by atoms with Crippen molar-refractivity contribution in [1.82, 2.24) is 19.6 Å². The van der Waals surface area contributed by atoms with Crippen molar-refractivity contribution in [2.24, 2.45) is 0 Å². The van der Waals surface area contributed by atoms with E-state index in [0.717, 1.165) is 15.4 Å². The van der Waals surface area contributed by atoms with Crippen molar-refractivity contribution in [3.8, 4) is 11.4 Å². The molecule has 0 unspecified atom stereocenters. The first-order chi connectivity index (χ1) is 16.4. The van der Waals surface area contributed by atoms with Gasteiger partial charge in [0.05, 0.1) is 15.9 Å². The lowest BCUT2D eigenvalue weighted by Gasteiger charge is -2.20. The molecule has 0 bridgehead atoms. The maximum atomic E-state index is 13.5. The third-order valence-corrected chi connectivity index (χ3v) is 7.14. The first kappa shape index (κ1) is 21.5. The second-order valence-electron chi connectivity index (χ2n) is 7.65. The van der Waals surface area contributed by atoms with Crippen molar-refractivity contribution >= 4 is 44.1 Å². The van der Waals surface area contributed by atoms with E-state index in [1.807, 2.05) is 59.0 Å². The Hall–Kier alpha value is -4.31. The molecule has 5 rings (SSSR count). The number of carbonyl (C=O) groups excluding carboxylic acids is 1. The van der Waals surface area contributed by atoms with E-state index in [1.165, 1.54) is 38.2 Å². The Bertz CT molecular complexity index is 1630. The molecule has 2 aromatic heterocycles. The molecule has 0 aliphatic heterocycles. The Morgan fingerprint density at radius 2 is 1.59 bits per heavy atom. The van der Waals surface area contributed by atoms with Crippen LogP contribution in [0.3, 0.4) is 0 Å². The van der Waals surface area contributed by atoms with Gasteiger partial charge < -0.3 is 5.32 Å². The summed E-state index contributed by atoms with van der Waals surface area (Å²) in [6, 6.07) is 22.9. The molecule has 1 amide bonds. The minimum atomic E-state index is -3.98. The van der Waals surface area contributed by atoms with Gasteiger partial charge in [0.1, 0.15) is 0 Å². The topological polar surface area (TPSA) is 110 Å². The number of hydrogen-bond donors (Lipinski definition) is 1. The van der Waals surface area contributed by atoms with Gasteiger partial charge in [-0.3, -0.25) is 9.20 Å². The van der Waals surface area contributed by atoms with Crippen LogP contribution in [0.25, 0.3) is 28.1 Å². The lowest BCUT2D eigenvalue weighted by atomic mass is 10.2. The summed E-state index contributed by atoms with van der Waals surface area (Å²) in [5.41, 5.74) is 3.03. The normalized spacial score (nSPS) is 11.6. The quantitative estimate of drug-likeness (QED) is 0.417. The van der Waals surface area contributed by atoms with Gasteiger partial charge in [-0.25, -0.2) is 17.7 Å². The van der Waals surface area contributed by atoms with Crippen LogP contribution in [0.1, 0.15) is 6.92 Å². The molecule has 0 spiro atoms. The maximum Gasteiger partial charge on any atom is 0.265 e. The summed E-state index contributed by atoms with van der Waals surface area (Å²) in [4.78, 5) is 15.9. The van der Waals surface area contributed by atoms with E-state index in [1.54, 1.807) is 0 Å². The van der Waals surface area contributed by atoms with Crippen LogP contribution < -0.4 is 9.62 Å². The second-order valence-corrected chi connectivity index (χ2v) is 9.62. The van der Waals surface area contributed by atoms with Crippen LogP contribution in [-0.4, -0.2) is 41.0 Å². The van der Waals surface area contributed by atoms with Gasteiger partial charge in [0.25, 0.3) is 10.0 Å². The molecule has 3 aromatic carbocycles. The molecule has 170 valence electrons. The summed E-state index contributed by atoms with van der Waals surface area (Å²) in [7, 11) is -2.54. The van der Waals surface area contributed by atoms with E-state index in [0.29, 0.717) is 22.7 Å². The highest BCUT2D eigenvalue weighted by atomic mass is 32.2. The zero-order chi connectivity index (χ0) is 23.9. The lowest BCUT2D eigenvalue weighted by molar-refractivity contribution is -0.114. The molecular weight excluding hydrogens is 452 g/mol. The van der Waals surface area contributed by atoms with Crippen LogP contribution in [0.2, 0.25) is 0 Å². The first-order valence-electron chi connectivity index (χ1n) is 10.4. The number of sulfonamides is 1. The Morgan fingerprint density at radius 1 is 0.912 bits per heavy atom. The summed E-state index contributed by atoms with van der Waals surface area (Å²) in [5, 5.41) is 11.3. The van der Waals surface area contributed by atoms with Gasteiger partial charge in [-0.15, -0.1) is 10.2 Å².